The smallest absolute Gasteiger partial charge is 0.322 e. The Morgan fingerprint density at radius 3 is 2.13 bits per heavy atom. The van der Waals surface area contributed by atoms with Crippen LogP contribution in [0.15, 0.2) is 77.3 Å². The number of fused-ring (bicyclic) bond motifs is 3. The molecule has 2 atom stereocenters. The van der Waals surface area contributed by atoms with Crippen molar-refractivity contribution >= 4 is 27.9 Å². The summed E-state index contributed by atoms with van der Waals surface area (Å²) < 4.78 is 6.28. The van der Waals surface area contributed by atoms with Crippen LogP contribution in [0.2, 0.25) is 0 Å². The van der Waals surface area contributed by atoms with Crippen molar-refractivity contribution in [2.45, 2.75) is 12.0 Å². The quantitative estimate of drug-likeness (QED) is 0.412. The summed E-state index contributed by atoms with van der Waals surface area (Å²) in [7, 11) is 0. The zero-order valence-corrected chi connectivity index (χ0v) is 17.6. The highest BCUT2D eigenvalue weighted by Crippen LogP contribution is 2.44. The second kappa shape index (κ2) is 8.42. The summed E-state index contributed by atoms with van der Waals surface area (Å²) in [5.74, 6) is -3.78. The SMILES string of the molecule is NC(c1cccc(Br)c1)[C@@H](C(=O)O)C(=O)OCC1c2ccccc2-c2ccccc21. The van der Waals surface area contributed by atoms with Crippen LogP contribution in [-0.4, -0.2) is 23.7 Å². The van der Waals surface area contributed by atoms with E-state index in [9.17, 15) is 14.7 Å². The first kappa shape index (κ1) is 20.3. The Kier molecular flexibility index (Phi) is 5.70. The predicted molar refractivity (Wildman–Crippen MR) is 117 cm³/mol. The number of hydrogen-bond acceptors (Lipinski definition) is 4. The Hall–Kier alpha value is -2.96. The van der Waals surface area contributed by atoms with Crippen LogP contribution < -0.4 is 5.73 Å². The molecular formula is C24H20BrNO4. The van der Waals surface area contributed by atoms with E-state index in [2.05, 4.69) is 15.9 Å². The average molecular weight is 466 g/mol. The number of esters is 1. The van der Waals surface area contributed by atoms with Crippen molar-refractivity contribution in [3.05, 3.63) is 94.0 Å². The van der Waals surface area contributed by atoms with Crippen LogP contribution in [0.5, 0.6) is 0 Å². The second-order valence-electron chi connectivity index (χ2n) is 7.25. The minimum absolute atomic E-state index is 0.0574. The number of carbonyl (C=O) groups is 2. The molecule has 152 valence electrons. The standard InChI is InChI=1S/C24H20BrNO4/c25-15-7-5-6-14(12-15)22(26)21(23(27)28)24(29)30-13-20-18-10-3-1-8-16(18)17-9-2-4-11-19(17)20/h1-12,20-22H,13,26H2,(H,27,28)/t21-,22?/m0/s1. The van der Waals surface area contributed by atoms with Crippen LogP contribution in [0.3, 0.4) is 0 Å². The first-order valence-corrected chi connectivity index (χ1v) is 10.4. The van der Waals surface area contributed by atoms with Crippen LogP contribution in [0, 0.1) is 5.92 Å². The number of nitrogens with two attached hydrogens (primary N) is 1. The van der Waals surface area contributed by atoms with Crippen molar-refractivity contribution in [2.75, 3.05) is 6.61 Å². The Morgan fingerprint density at radius 2 is 1.57 bits per heavy atom. The number of aliphatic carboxylic acids is 1. The molecule has 0 amide bonds. The van der Waals surface area contributed by atoms with Crippen LogP contribution in [-0.2, 0) is 14.3 Å². The van der Waals surface area contributed by atoms with Gasteiger partial charge in [0.25, 0.3) is 0 Å². The zero-order valence-electron chi connectivity index (χ0n) is 16.0. The molecule has 30 heavy (non-hydrogen) atoms. The molecule has 4 rings (SSSR count). The van der Waals surface area contributed by atoms with Gasteiger partial charge in [-0.15, -0.1) is 0 Å². The molecule has 0 bridgehead atoms. The first-order chi connectivity index (χ1) is 14.5. The van der Waals surface area contributed by atoms with Gasteiger partial charge < -0.3 is 15.6 Å². The molecule has 3 N–H and O–H groups in total. The fourth-order valence-electron chi connectivity index (χ4n) is 4.00. The molecule has 0 radical (unpaired) electrons. The molecule has 0 aliphatic heterocycles. The van der Waals surface area contributed by atoms with E-state index in [0.717, 1.165) is 26.7 Å². The zero-order chi connectivity index (χ0) is 21.3. The normalized spacial score (nSPS) is 14.5. The lowest BCUT2D eigenvalue weighted by Gasteiger charge is -2.21. The molecule has 0 fully saturated rings. The number of benzene rings is 3. The molecule has 3 aromatic carbocycles. The fraction of sp³-hybridized carbons (Fsp3) is 0.167. The third-order valence-corrected chi connectivity index (χ3v) is 5.96. The second-order valence-corrected chi connectivity index (χ2v) is 8.17. The molecular weight excluding hydrogens is 446 g/mol. The largest absolute Gasteiger partial charge is 0.481 e. The molecule has 0 saturated heterocycles. The minimum Gasteiger partial charge on any atom is -0.481 e. The van der Waals surface area contributed by atoms with Gasteiger partial charge in [-0.3, -0.25) is 9.59 Å². The number of rotatable bonds is 6. The summed E-state index contributed by atoms with van der Waals surface area (Å²) in [5.41, 5.74) is 11.0. The highest BCUT2D eigenvalue weighted by Gasteiger charge is 2.37. The van der Waals surface area contributed by atoms with E-state index in [1.165, 1.54) is 0 Å². The van der Waals surface area contributed by atoms with E-state index in [4.69, 9.17) is 10.5 Å². The highest BCUT2D eigenvalue weighted by atomic mass is 79.9. The van der Waals surface area contributed by atoms with Gasteiger partial charge in [-0.25, -0.2) is 0 Å². The Bertz CT molecular complexity index is 1070. The van der Waals surface area contributed by atoms with Gasteiger partial charge in [0.15, 0.2) is 5.92 Å². The van der Waals surface area contributed by atoms with Crippen LogP contribution in [0.4, 0.5) is 0 Å². The molecule has 1 unspecified atom stereocenters. The van der Waals surface area contributed by atoms with E-state index < -0.39 is 23.9 Å². The number of ether oxygens (including phenoxy) is 1. The summed E-state index contributed by atoms with van der Waals surface area (Å²) in [4.78, 5) is 24.6. The number of hydrogen-bond donors (Lipinski definition) is 2. The summed E-state index contributed by atoms with van der Waals surface area (Å²) in [6.45, 7) is 0.0574. The number of halogens is 1. The molecule has 1 aliphatic rings. The van der Waals surface area contributed by atoms with Crippen molar-refractivity contribution in [2.24, 2.45) is 11.7 Å². The van der Waals surface area contributed by atoms with E-state index >= 15 is 0 Å². The van der Waals surface area contributed by atoms with Crippen molar-refractivity contribution in [3.63, 3.8) is 0 Å². The molecule has 0 heterocycles. The van der Waals surface area contributed by atoms with Crippen LogP contribution in [0.1, 0.15) is 28.7 Å². The van der Waals surface area contributed by atoms with Gasteiger partial charge in [0.05, 0.1) is 6.04 Å². The number of carbonyl (C=O) groups excluding carboxylic acids is 1. The Balaban J connectivity index is 1.55. The lowest BCUT2D eigenvalue weighted by molar-refractivity contribution is -0.160. The molecule has 0 spiro atoms. The van der Waals surface area contributed by atoms with Gasteiger partial charge in [-0.2, -0.15) is 0 Å². The van der Waals surface area contributed by atoms with E-state index in [1.54, 1.807) is 24.3 Å². The van der Waals surface area contributed by atoms with Crippen LogP contribution in [0.25, 0.3) is 11.1 Å². The Labute approximate surface area is 182 Å². The molecule has 3 aromatic rings. The van der Waals surface area contributed by atoms with Gasteiger partial charge >= 0.3 is 11.9 Å². The topological polar surface area (TPSA) is 89.6 Å². The summed E-state index contributed by atoms with van der Waals surface area (Å²) in [6, 6.07) is 21.9. The van der Waals surface area contributed by atoms with Crippen LogP contribution >= 0.6 is 15.9 Å². The van der Waals surface area contributed by atoms with Crippen molar-refractivity contribution in [1.29, 1.82) is 0 Å². The third kappa shape index (κ3) is 3.76. The first-order valence-electron chi connectivity index (χ1n) is 9.56. The van der Waals surface area contributed by atoms with Gasteiger partial charge in [0.1, 0.15) is 6.61 Å². The minimum atomic E-state index is -1.49. The van der Waals surface area contributed by atoms with Crippen molar-refractivity contribution in [1.82, 2.24) is 0 Å². The van der Waals surface area contributed by atoms with Gasteiger partial charge in [0.2, 0.25) is 0 Å². The predicted octanol–water partition coefficient (Wildman–Crippen LogP) is 4.51. The van der Waals surface area contributed by atoms with E-state index in [1.807, 2.05) is 48.5 Å². The number of carboxylic acids is 1. The molecule has 6 heteroatoms. The highest BCUT2D eigenvalue weighted by molar-refractivity contribution is 9.10. The monoisotopic (exact) mass is 465 g/mol. The van der Waals surface area contributed by atoms with Gasteiger partial charge in [-0.05, 0) is 39.9 Å². The summed E-state index contributed by atoms with van der Waals surface area (Å²) >= 11 is 3.34. The number of carboxylic acid groups (broad SMARTS) is 1. The molecule has 1 aliphatic carbocycles. The molecule has 0 aromatic heterocycles. The van der Waals surface area contributed by atoms with E-state index in [-0.39, 0.29) is 12.5 Å². The lowest BCUT2D eigenvalue weighted by atomic mass is 9.93. The van der Waals surface area contributed by atoms with E-state index in [0.29, 0.717) is 5.56 Å². The van der Waals surface area contributed by atoms with Gasteiger partial charge in [0, 0.05) is 10.4 Å². The summed E-state index contributed by atoms with van der Waals surface area (Å²) in [5, 5.41) is 9.66. The van der Waals surface area contributed by atoms with Crippen molar-refractivity contribution < 1.29 is 19.4 Å². The summed E-state index contributed by atoms with van der Waals surface area (Å²) in [6.07, 6.45) is 0. The Morgan fingerprint density at radius 1 is 0.967 bits per heavy atom. The fourth-order valence-corrected chi connectivity index (χ4v) is 4.42. The molecule has 0 saturated carbocycles. The van der Waals surface area contributed by atoms with Gasteiger partial charge in [-0.1, -0.05) is 76.6 Å². The third-order valence-electron chi connectivity index (χ3n) is 5.47. The lowest BCUT2D eigenvalue weighted by Crippen LogP contribution is -2.36. The molecule has 5 nitrogen and oxygen atoms in total. The maximum absolute atomic E-state index is 12.8. The average Bonchev–Trinajstić information content (AvgIpc) is 3.06. The maximum atomic E-state index is 12.8. The van der Waals surface area contributed by atoms with Crippen molar-refractivity contribution in [3.8, 4) is 11.1 Å². The maximum Gasteiger partial charge on any atom is 0.322 e.